The maximum absolute atomic E-state index is 11.9. The van der Waals surface area contributed by atoms with E-state index in [-0.39, 0.29) is 5.56 Å². The van der Waals surface area contributed by atoms with E-state index < -0.39 is 0 Å². The van der Waals surface area contributed by atoms with Crippen LogP contribution in [-0.2, 0) is 7.05 Å². The molecule has 0 amide bonds. The fourth-order valence-corrected chi connectivity index (χ4v) is 2.12. The van der Waals surface area contributed by atoms with Crippen LogP contribution in [0.2, 0.25) is 5.02 Å². The standard InChI is InChI=1S/C13H11ClN4O/c1-7-17-11(13(19)18(7)2)3-8-5-15-12-10(8)4-9(14)6-16-12/h3-6,17H,1H2,2H3,(H,15,16)/b11-3-. The number of aromatic nitrogens is 4. The molecule has 0 aliphatic rings. The van der Waals surface area contributed by atoms with Crippen LogP contribution in [0.4, 0.5) is 0 Å². The van der Waals surface area contributed by atoms with Gasteiger partial charge in [0.15, 0.2) is 0 Å². The predicted molar refractivity (Wildman–Crippen MR) is 75.5 cm³/mol. The Hall–Kier alpha value is -2.27. The molecule has 0 spiro atoms. The summed E-state index contributed by atoms with van der Waals surface area (Å²) in [6, 6.07) is 1.81. The van der Waals surface area contributed by atoms with E-state index in [0.717, 1.165) is 16.6 Å². The number of hydrogen-bond acceptors (Lipinski definition) is 2. The van der Waals surface area contributed by atoms with E-state index in [1.807, 2.05) is 6.07 Å². The van der Waals surface area contributed by atoms with E-state index in [9.17, 15) is 4.79 Å². The summed E-state index contributed by atoms with van der Waals surface area (Å²) < 4.78 is 1.46. The minimum absolute atomic E-state index is 0.116. The van der Waals surface area contributed by atoms with Crippen molar-refractivity contribution in [3.63, 3.8) is 0 Å². The molecule has 3 aromatic rings. The molecule has 5 nitrogen and oxygen atoms in total. The van der Waals surface area contributed by atoms with E-state index in [0.29, 0.717) is 15.9 Å². The first kappa shape index (κ1) is 11.8. The first-order valence-corrected chi connectivity index (χ1v) is 6.02. The van der Waals surface area contributed by atoms with Gasteiger partial charge in [-0.3, -0.25) is 9.36 Å². The first-order chi connectivity index (χ1) is 9.06. The monoisotopic (exact) mass is 274 g/mol. The molecule has 2 N–H and O–H groups in total. The number of aromatic amines is 2. The number of nitrogens with zero attached hydrogens (tertiary/aromatic N) is 2. The summed E-state index contributed by atoms with van der Waals surface area (Å²) in [5, 5.41) is 1.90. The smallest absolute Gasteiger partial charge is 0.275 e. The molecule has 96 valence electrons. The fraction of sp³-hybridized carbons (Fsp3) is 0.0769. The van der Waals surface area contributed by atoms with Crippen LogP contribution in [0.5, 0.6) is 0 Å². The van der Waals surface area contributed by atoms with Gasteiger partial charge in [-0.05, 0) is 12.1 Å². The van der Waals surface area contributed by atoms with Crippen molar-refractivity contribution < 1.29 is 0 Å². The van der Waals surface area contributed by atoms with Crippen molar-refractivity contribution in [2.45, 2.75) is 0 Å². The molecule has 0 aliphatic carbocycles. The van der Waals surface area contributed by atoms with Gasteiger partial charge in [0.1, 0.15) is 16.5 Å². The number of fused-ring (bicyclic) bond motifs is 1. The number of nitrogens with one attached hydrogen (secondary N) is 2. The van der Waals surface area contributed by atoms with Gasteiger partial charge in [0.2, 0.25) is 0 Å². The molecule has 0 saturated carbocycles. The maximum Gasteiger partial charge on any atom is 0.275 e. The van der Waals surface area contributed by atoms with E-state index in [1.165, 1.54) is 4.57 Å². The SMILES string of the molecule is C=c1[nH]/c(=C\c2c[nH]c3ncc(Cl)cc23)c(=O)n1C. The third kappa shape index (κ3) is 1.88. The molecule has 3 heterocycles. The van der Waals surface area contributed by atoms with Gasteiger partial charge in [-0.25, -0.2) is 4.98 Å². The number of halogens is 1. The second-order valence-corrected chi connectivity index (χ2v) is 4.72. The van der Waals surface area contributed by atoms with Crippen molar-refractivity contribution in [1.29, 1.82) is 0 Å². The number of pyridine rings is 1. The number of hydrogen-bond donors (Lipinski definition) is 2. The van der Waals surface area contributed by atoms with E-state index in [1.54, 1.807) is 25.5 Å². The summed E-state index contributed by atoms with van der Waals surface area (Å²) in [4.78, 5) is 22.1. The Morgan fingerprint density at radius 3 is 3.00 bits per heavy atom. The molecule has 0 aromatic carbocycles. The van der Waals surface area contributed by atoms with Crippen LogP contribution in [-0.4, -0.2) is 19.5 Å². The predicted octanol–water partition coefficient (Wildman–Crippen LogP) is 0.482. The number of H-pyrrole nitrogens is 2. The summed E-state index contributed by atoms with van der Waals surface area (Å²) >= 11 is 5.94. The molecule has 3 rings (SSSR count). The van der Waals surface area contributed by atoms with Crippen molar-refractivity contribution in [2.75, 3.05) is 0 Å². The molecule has 0 saturated heterocycles. The van der Waals surface area contributed by atoms with Crippen LogP contribution in [0.15, 0.2) is 23.3 Å². The number of rotatable bonds is 1. The van der Waals surface area contributed by atoms with Gasteiger partial charge in [0, 0.05) is 30.4 Å². The van der Waals surface area contributed by atoms with Crippen molar-refractivity contribution in [1.82, 2.24) is 19.5 Å². The highest BCUT2D eigenvalue weighted by molar-refractivity contribution is 6.31. The normalized spacial score (nSPS) is 12.4. The van der Waals surface area contributed by atoms with Crippen molar-refractivity contribution >= 4 is 35.3 Å². The zero-order valence-electron chi connectivity index (χ0n) is 10.2. The Labute approximate surface area is 112 Å². The highest BCUT2D eigenvalue weighted by Crippen LogP contribution is 2.20. The Bertz CT molecular complexity index is 932. The van der Waals surface area contributed by atoms with Gasteiger partial charge < -0.3 is 9.97 Å². The number of imidazole rings is 1. The quantitative estimate of drug-likeness (QED) is 0.678. The second kappa shape index (κ2) is 4.13. The highest BCUT2D eigenvalue weighted by atomic mass is 35.5. The summed E-state index contributed by atoms with van der Waals surface area (Å²) in [7, 11) is 1.67. The molecule has 3 aromatic heterocycles. The molecular weight excluding hydrogens is 264 g/mol. The molecule has 0 unspecified atom stereocenters. The lowest BCUT2D eigenvalue weighted by Crippen LogP contribution is -2.28. The Balaban J connectivity index is 2.31. The molecule has 0 atom stereocenters. The van der Waals surface area contributed by atoms with Gasteiger partial charge in [0.05, 0.1) is 5.02 Å². The minimum atomic E-state index is -0.116. The second-order valence-electron chi connectivity index (χ2n) is 4.29. The molecular formula is C13H11ClN4O. The van der Waals surface area contributed by atoms with Crippen molar-refractivity contribution in [3.8, 4) is 0 Å². The van der Waals surface area contributed by atoms with Crippen LogP contribution < -0.4 is 16.4 Å². The van der Waals surface area contributed by atoms with Gasteiger partial charge in [0.25, 0.3) is 5.56 Å². The third-order valence-electron chi connectivity index (χ3n) is 3.05. The van der Waals surface area contributed by atoms with Gasteiger partial charge in [-0.2, -0.15) is 0 Å². The Morgan fingerprint density at radius 1 is 1.53 bits per heavy atom. The van der Waals surface area contributed by atoms with Crippen molar-refractivity contribution in [2.24, 2.45) is 7.05 Å². The molecule has 6 heteroatoms. The average Bonchev–Trinajstić information content (AvgIpc) is 2.88. The third-order valence-corrected chi connectivity index (χ3v) is 3.26. The van der Waals surface area contributed by atoms with Gasteiger partial charge in [-0.15, -0.1) is 0 Å². The average molecular weight is 275 g/mol. The van der Waals surface area contributed by atoms with Gasteiger partial charge in [-0.1, -0.05) is 18.2 Å². The first-order valence-electron chi connectivity index (χ1n) is 5.64. The summed E-state index contributed by atoms with van der Waals surface area (Å²) in [5.41, 5.74) is 2.03. The van der Waals surface area contributed by atoms with Crippen molar-refractivity contribution in [3.05, 3.63) is 50.2 Å². The topological polar surface area (TPSA) is 66.5 Å². The Kier molecular flexibility index (Phi) is 2.57. The van der Waals surface area contributed by atoms with E-state index in [4.69, 9.17) is 11.6 Å². The zero-order valence-corrected chi connectivity index (χ0v) is 11.0. The van der Waals surface area contributed by atoms with E-state index in [2.05, 4.69) is 21.5 Å². The van der Waals surface area contributed by atoms with Crippen LogP contribution in [0, 0.1) is 0 Å². The molecule has 0 bridgehead atoms. The lowest BCUT2D eigenvalue weighted by molar-refractivity contribution is 0.840. The minimum Gasteiger partial charge on any atom is -0.346 e. The zero-order chi connectivity index (χ0) is 13.6. The molecule has 0 aliphatic heterocycles. The van der Waals surface area contributed by atoms with Crippen LogP contribution in [0.1, 0.15) is 5.56 Å². The van der Waals surface area contributed by atoms with E-state index >= 15 is 0 Å². The fourth-order valence-electron chi connectivity index (χ4n) is 1.97. The van der Waals surface area contributed by atoms with Crippen LogP contribution >= 0.6 is 11.6 Å². The highest BCUT2D eigenvalue weighted by Gasteiger charge is 2.04. The lowest BCUT2D eigenvalue weighted by atomic mass is 10.2. The summed E-state index contributed by atoms with van der Waals surface area (Å²) in [5.74, 6) is 0. The lowest BCUT2D eigenvalue weighted by Gasteiger charge is -1.91. The van der Waals surface area contributed by atoms with Gasteiger partial charge >= 0.3 is 0 Å². The summed E-state index contributed by atoms with van der Waals surface area (Å²) in [6.45, 7) is 3.75. The maximum atomic E-state index is 11.9. The molecule has 19 heavy (non-hydrogen) atoms. The summed E-state index contributed by atoms with van der Waals surface area (Å²) in [6.07, 6.45) is 5.12. The Morgan fingerprint density at radius 2 is 2.32 bits per heavy atom. The molecule has 0 radical (unpaired) electrons. The van der Waals surface area contributed by atoms with Crippen LogP contribution in [0.25, 0.3) is 23.7 Å². The van der Waals surface area contributed by atoms with Crippen LogP contribution in [0.3, 0.4) is 0 Å². The largest absolute Gasteiger partial charge is 0.346 e. The molecule has 0 fully saturated rings.